The molecule has 1 saturated heterocycles. The van der Waals surface area contributed by atoms with Crippen molar-refractivity contribution in [2.45, 2.75) is 50.5 Å². The second-order valence-corrected chi connectivity index (χ2v) is 7.17. The molecule has 27 heavy (non-hydrogen) atoms. The largest absolute Gasteiger partial charge is 0.468 e. The maximum atomic E-state index is 10.9. The molecule has 0 saturated carbocycles. The van der Waals surface area contributed by atoms with Gasteiger partial charge in [-0.25, -0.2) is 0 Å². The Kier molecular flexibility index (Phi) is 6.72. The first-order valence-electron chi connectivity index (χ1n) is 9.52. The molecule has 1 N–H and O–H groups in total. The highest BCUT2D eigenvalue weighted by atomic mass is 16.5. The molecule has 0 aromatic carbocycles. The summed E-state index contributed by atoms with van der Waals surface area (Å²) in [5, 5.41) is 10.9. The summed E-state index contributed by atoms with van der Waals surface area (Å²) in [5.41, 5.74) is -1.10. The highest BCUT2D eigenvalue weighted by Gasteiger charge is 2.30. The van der Waals surface area contributed by atoms with Crippen LogP contribution < -0.4 is 0 Å². The van der Waals surface area contributed by atoms with Crippen molar-refractivity contribution in [3.8, 4) is 0 Å². The molecule has 0 amide bonds. The van der Waals surface area contributed by atoms with E-state index in [9.17, 15) is 5.11 Å². The number of hydrogen-bond donors (Lipinski definition) is 1. The first kappa shape index (κ1) is 19.7. The van der Waals surface area contributed by atoms with Gasteiger partial charge in [0.1, 0.15) is 22.9 Å². The van der Waals surface area contributed by atoms with E-state index in [2.05, 4.69) is 18.1 Å². The topological polar surface area (TPSA) is 59.0 Å². The van der Waals surface area contributed by atoms with Gasteiger partial charge in [-0.05, 0) is 37.1 Å². The molecule has 5 nitrogen and oxygen atoms in total. The summed E-state index contributed by atoms with van der Waals surface area (Å²) in [6.45, 7) is 10.4. The van der Waals surface area contributed by atoms with Gasteiger partial charge in [0, 0.05) is 26.0 Å². The fourth-order valence-corrected chi connectivity index (χ4v) is 3.58. The van der Waals surface area contributed by atoms with Crippen LogP contribution in [0.2, 0.25) is 0 Å². The molecule has 0 aliphatic carbocycles. The van der Waals surface area contributed by atoms with E-state index in [1.165, 1.54) is 0 Å². The number of ether oxygens (including phenoxy) is 1. The fourth-order valence-electron chi connectivity index (χ4n) is 3.58. The third kappa shape index (κ3) is 5.22. The molecular formula is C22H29NO4. The van der Waals surface area contributed by atoms with E-state index in [-0.39, 0.29) is 6.10 Å². The number of nitrogens with zero attached hydrogens (tertiary/aromatic N) is 1. The number of hydrogen-bond acceptors (Lipinski definition) is 5. The van der Waals surface area contributed by atoms with Crippen molar-refractivity contribution in [2.24, 2.45) is 0 Å². The van der Waals surface area contributed by atoms with Crippen molar-refractivity contribution >= 4 is 0 Å². The molecule has 2 aromatic heterocycles. The zero-order chi connectivity index (χ0) is 19.1. The van der Waals surface area contributed by atoms with Crippen molar-refractivity contribution in [1.82, 2.24) is 4.90 Å². The number of rotatable bonds is 11. The molecule has 0 spiro atoms. The Morgan fingerprint density at radius 3 is 2.56 bits per heavy atom. The molecule has 3 rings (SSSR count). The lowest BCUT2D eigenvalue weighted by atomic mass is 9.93. The highest BCUT2D eigenvalue weighted by Crippen LogP contribution is 2.31. The highest BCUT2D eigenvalue weighted by molar-refractivity contribution is 5.17. The van der Waals surface area contributed by atoms with Crippen LogP contribution in [0.4, 0.5) is 0 Å². The lowest BCUT2D eigenvalue weighted by Gasteiger charge is -2.24. The predicted octanol–water partition coefficient (Wildman–Crippen LogP) is 4.39. The summed E-state index contributed by atoms with van der Waals surface area (Å²) < 4.78 is 17.3. The van der Waals surface area contributed by atoms with E-state index in [1.54, 1.807) is 18.4 Å². The van der Waals surface area contributed by atoms with Gasteiger partial charge in [0.2, 0.25) is 0 Å². The molecular weight excluding hydrogens is 342 g/mol. The Hall–Kier alpha value is -2.08. The Balaban J connectivity index is 1.71. The normalized spacial score (nSPS) is 17.5. The second-order valence-electron chi connectivity index (χ2n) is 7.17. The van der Waals surface area contributed by atoms with Crippen LogP contribution >= 0.6 is 0 Å². The van der Waals surface area contributed by atoms with Crippen LogP contribution in [0.1, 0.15) is 43.0 Å². The maximum Gasteiger partial charge on any atom is 0.136 e. The molecule has 5 heteroatoms. The van der Waals surface area contributed by atoms with E-state index in [0.29, 0.717) is 31.7 Å². The molecule has 2 aromatic rings. The number of aliphatic hydroxyl groups is 1. The zero-order valence-electron chi connectivity index (χ0n) is 15.8. The molecule has 146 valence electrons. The van der Waals surface area contributed by atoms with Crippen molar-refractivity contribution in [3.63, 3.8) is 0 Å². The standard InChI is InChI=1S/C22H29NO4/c1-3-11-22(24,12-4-2)21-10-9-20(27-21)17-23(15-18-7-5-13-25-18)16-19-8-6-14-26-19/h3-5,7,9-10,13,19,24H,1-2,6,8,11-12,14-17H2. The minimum Gasteiger partial charge on any atom is -0.468 e. The lowest BCUT2D eigenvalue weighted by Crippen LogP contribution is -2.31. The molecule has 1 aliphatic heterocycles. The maximum absolute atomic E-state index is 10.9. The molecule has 3 heterocycles. The lowest BCUT2D eigenvalue weighted by molar-refractivity contribution is 0.0176. The van der Waals surface area contributed by atoms with E-state index in [1.807, 2.05) is 24.3 Å². The van der Waals surface area contributed by atoms with Gasteiger partial charge in [-0.1, -0.05) is 12.2 Å². The Labute approximate surface area is 160 Å². The molecule has 0 radical (unpaired) electrons. The van der Waals surface area contributed by atoms with E-state index < -0.39 is 5.60 Å². The Morgan fingerprint density at radius 1 is 1.15 bits per heavy atom. The molecule has 1 atom stereocenters. The van der Waals surface area contributed by atoms with Gasteiger partial charge < -0.3 is 18.7 Å². The summed E-state index contributed by atoms with van der Waals surface area (Å²) in [5.74, 6) is 2.27. The van der Waals surface area contributed by atoms with Gasteiger partial charge in [-0.2, -0.15) is 0 Å². The minimum absolute atomic E-state index is 0.243. The van der Waals surface area contributed by atoms with Gasteiger partial charge in [0.05, 0.1) is 25.5 Å². The van der Waals surface area contributed by atoms with Crippen molar-refractivity contribution in [3.05, 3.63) is 73.1 Å². The van der Waals surface area contributed by atoms with Crippen LogP contribution in [0.5, 0.6) is 0 Å². The Morgan fingerprint density at radius 2 is 1.93 bits per heavy atom. The zero-order valence-corrected chi connectivity index (χ0v) is 15.8. The SMILES string of the molecule is C=CCC(O)(CC=C)c1ccc(CN(Cc2ccco2)CC2CCCO2)o1. The summed E-state index contributed by atoms with van der Waals surface area (Å²) in [6.07, 6.45) is 8.36. The number of furan rings is 2. The second kappa shape index (κ2) is 9.22. The van der Waals surface area contributed by atoms with Crippen LogP contribution in [0.3, 0.4) is 0 Å². The Bertz CT molecular complexity index is 703. The average molecular weight is 371 g/mol. The van der Waals surface area contributed by atoms with Crippen molar-refractivity contribution in [2.75, 3.05) is 13.2 Å². The molecule has 1 unspecified atom stereocenters. The summed E-state index contributed by atoms with van der Waals surface area (Å²) >= 11 is 0. The van der Waals surface area contributed by atoms with E-state index in [0.717, 1.165) is 37.5 Å². The minimum atomic E-state index is -1.10. The van der Waals surface area contributed by atoms with Crippen LogP contribution in [-0.4, -0.2) is 29.3 Å². The third-order valence-electron chi connectivity index (χ3n) is 4.91. The van der Waals surface area contributed by atoms with Gasteiger partial charge in [0.25, 0.3) is 0 Å². The first-order valence-corrected chi connectivity index (χ1v) is 9.52. The van der Waals surface area contributed by atoms with Crippen molar-refractivity contribution in [1.29, 1.82) is 0 Å². The monoisotopic (exact) mass is 371 g/mol. The average Bonchev–Trinajstić information content (AvgIpc) is 3.38. The molecule has 1 aliphatic rings. The van der Waals surface area contributed by atoms with Crippen LogP contribution in [-0.2, 0) is 23.4 Å². The van der Waals surface area contributed by atoms with Gasteiger partial charge in [-0.3, -0.25) is 4.90 Å². The summed E-state index contributed by atoms with van der Waals surface area (Å²) in [6, 6.07) is 7.65. The molecule has 0 bridgehead atoms. The van der Waals surface area contributed by atoms with Crippen LogP contribution in [0.15, 0.2) is 64.7 Å². The third-order valence-corrected chi connectivity index (χ3v) is 4.91. The van der Waals surface area contributed by atoms with Crippen LogP contribution in [0, 0.1) is 0 Å². The summed E-state index contributed by atoms with van der Waals surface area (Å²) in [7, 11) is 0. The van der Waals surface area contributed by atoms with Crippen LogP contribution in [0.25, 0.3) is 0 Å². The predicted molar refractivity (Wildman–Crippen MR) is 104 cm³/mol. The van der Waals surface area contributed by atoms with Gasteiger partial charge in [-0.15, -0.1) is 13.2 Å². The quantitative estimate of drug-likeness (QED) is 0.594. The van der Waals surface area contributed by atoms with E-state index >= 15 is 0 Å². The van der Waals surface area contributed by atoms with Crippen molar-refractivity contribution < 1.29 is 18.7 Å². The van der Waals surface area contributed by atoms with Gasteiger partial charge >= 0.3 is 0 Å². The smallest absolute Gasteiger partial charge is 0.136 e. The first-order chi connectivity index (χ1) is 13.1. The molecule has 1 fully saturated rings. The summed E-state index contributed by atoms with van der Waals surface area (Å²) in [4.78, 5) is 2.26. The van der Waals surface area contributed by atoms with E-state index in [4.69, 9.17) is 13.6 Å². The fraction of sp³-hybridized carbons (Fsp3) is 0.455. The van der Waals surface area contributed by atoms with Gasteiger partial charge in [0.15, 0.2) is 0 Å².